The van der Waals surface area contributed by atoms with Crippen LogP contribution in [0.4, 0.5) is 5.69 Å². The molecule has 1 heterocycles. The highest BCUT2D eigenvalue weighted by Crippen LogP contribution is 2.34. The number of halogens is 1. The number of anilines is 1. The van der Waals surface area contributed by atoms with Crippen molar-refractivity contribution in [1.29, 1.82) is 0 Å². The van der Waals surface area contributed by atoms with Crippen molar-refractivity contribution < 1.29 is 35.8 Å². The van der Waals surface area contributed by atoms with Gasteiger partial charge in [-0.2, -0.15) is 4.31 Å². The van der Waals surface area contributed by atoms with Crippen LogP contribution in [0.1, 0.15) is 5.56 Å². The van der Waals surface area contributed by atoms with E-state index in [1.807, 2.05) is 6.92 Å². The highest BCUT2D eigenvalue weighted by atomic mass is 35.5. The van der Waals surface area contributed by atoms with Gasteiger partial charge in [-0.15, -0.1) is 0 Å². The van der Waals surface area contributed by atoms with Crippen LogP contribution in [0.25, 0.3) is 0 Å². The summed E-state index contributed by atoms with van der Waals surface area (Å²) >= 11 is 6.17. The highest BCUT2D eigenvalue weighted by Gasteiger charge is 2.30. The van der Waals surface area contributed by atoms with Crippen molar-refractivity contribution in [1.82, 2.24) is 9.62 Å². The van der Waals surface area contributed by atoms with Gasteiger partial charge in [-0.1, -0.05) is 29.3 Å². The minimum absolute atomic E-state index is 0.00495. The molecule has 226 valence electrons. The number of rotatable bonds is 12. The standard InChI is InChI=1S/C28H32ClN3O8S2/c1-21-3-8-25(9-4-21)42(36,37)32(26-19-22(29)5-12-27(26)38-2)20-28(33)30-13-16-40-23-6-10-24(11-7-23)41(34,35)31-14-17-39-18-15-31/h3-12,19H,13-18,20H2,1-2H3,(H,30,33). The summed E-state index contributed by atoms with van der Waals surface area (Å²) in [7, 11) is -6.40. The number of ether oxygens (including phenoxy) is 3. The SMILES string of the molecule is COc1ccc(Cl)cc1N(CC(=O)NCCOc1ccc(S(=O)(=O)N2CCOCC2)cc1)S(=O)(=O)c1ccc(C)cc1. The number of methoxy groups -OCH3 is 1. The maximum atomic E-state index is 13.6. The van der Waals surface area contributed by atoms with E-state index in [-0.39, 0.29) is 39.4 Å². The number of amides is 1. The molecule has 4 rings (SSSR count). The molecule has 0 unspecified atom stereocenters. The number of benzene rings is 3. The van der Waals surface area contributed by atoms with Crippen molar-refractivity contribution in [2.45, 2.75) is 16.7 Å². The van der Waals surface area contributed by atoms with Gasteiger partial charge in [-0.25, -0.2) is 16.8 Å². The smallest absolute Gasteiger partial charge is 0.264 e. The van der Waals surface area contributed by atoms with Gasteiger partial charge in [0.1, 0.15) is 24.7 Å². The third kappa shape index (κ3) is 7.53. The summed E-state index contributed by atoms with van der Waals surface area (Å²) in [6.07, 6.45) is 0. The van der Waals surface area contributed by atoms with E-state index in [1.54, 1.807) is 18.2 Å². The Morgan fingerprint density at radius 2 is 1.62 bits per heavy atom. The van der Waals surface area contributed by atoms with Crippen molar-refractivity contribution in [3.05, 3.63) is 77.3 Å². The Hall–Kier alpha value is -3.36. The number of sulfonamides is 2. The maximum absolute atomic E-state index is 13.6. The topological polar surface area (TPSA) is 132 Å². The zero-order valence-electron chi connectivity index (χ0n) is 23.2. The van der Waals surface area contributed by atoms with Gasteiger partial charge in [0.15, 0.2) is 0 Å². The summed E-state index contributed by atoms with van der Waals surface area (Å²) < 4.78 is 71.4. The summed E-state index contributed by atoms with van der Waals surface area (Å²) in [6, 6.07) is 16.8. The van der Waals surface area contributed by atoms with Gasteiger partial charge in [-0.3, -0.25) is 9.10 Å². The summed E-state index contributed by atoms with van der Waals surface area (Å²) in [5.41, 5.74) is 0.996. The molecule has 3 aromatic rings. The summed E-state index contributed by atoms with van der Waals surface area (Å²) in [6.45, 7) is 2.74. The molecular weight excluding hydrogens is 606 g/mol. The molecule has 1 saturated heterocycles. The average molecular weight is 638 g/mol. The molecule has 1 aliphatic heterocycles. The maximum Gasteiger partial charge on any atom is 0.264 e. The summed E-state index contributed by atoms with van der Waals surface area (Å²) in [5, 5.41) is 2.93. The van der Waals surface area contributed by atoms with Crippen molar-refractivity contribution in [2.24, 2.45) is 0 Å². The molecule has 0 aromatic heterocycles. The van der Waals surface area contributed by atoms with E-state index in [4.69, 9.17) is 25.8 Å². The third-order valence-corrected chi connectivity index (χ3v) is 10.4. The van der Waals surface area contributed by atoms with Crippen molar-refractivity contribution in [3.8, 4) is 11.5 Å². The molecule has 3 aromatic carbocycles. The fourth-order valence-corrected chi connectivity index (χ4v) is 7.18. The number of aryl methyl sites for hydroxylation is 1. The monoisotopic (exact) mass is 637 g/mol. The number of nitrogens with one attached hydrogen (secondary N) is 1. The van der Waals surface area contributed by atoms with E-state index < -0.39 is 32.5 Å². The second-order valence-corrected chi connectivity index (χ2v) is 13.6. The van der Waals surface area contributed by atoms with Gasteiger partial charge in [0.25, 0.3) is 10.0 Å². The Kier molecular flexibility index (Phi) is 10.3. The number of hydrogen-bond donors (Lipinski definition) is 1. The lowest BCUT2D eigenvalue weighted by Crippen LogP contribution is -2.42. The van der Waals surface area contributed by atoms with Crippen LogP contribution in [0, 0.1) is 6.92 Å². The Morgan fingerprint density at radius 1 is 0.976 bits per heavy atom. The van der Waals surface area contributed by atoms with Gasteiger partial charge in [0, 0.05) is 18.1 Å². The Balaban J connectivity index is 1.40. The molecule has 0 spiro atoms. The first kappa shape index (κ1) is 31.6. The van der Waals surface area contributed by atoms with Crippen LogP contribution >= 0.6 is 11.6 Å². The fourth-order valence-electron chi connectivity index (χ4n) is 4.18. The van der Waals surface area contributed by atoms with Crippen molar-refractivity contribution >= 4 is 43.2 Å². The normalized spacial score (nSPS) is 14.3. The molecule has 1 N–H and O–H groups in total. The number of nitrogens with zero attached hydrogens (tertiary/aromatic N) is 2. The van der Waals surface area contributed by atoms with Crippen LogP contribution in [-0.4, -0.2) is 80.2 Å². The van der Waals surface area contributed by atoms with Gasteiger partial charge in [0.05, 0.1) is 42.3 Å². The molecular formula is C28H32ClN3O8S2. The number of carbonyl (C=O) groups excluding carboxylic acids is 1. The van der Waals surface area contributed by atoms with Crippen LogP contribution in [0.2, 0.25) is 5.02 Å². The van der Waals surface area contributed by atoms with Crippen molar-refractivity contribution in [2.75, 3.05) is 57.4 Å². The quantitative estimate of drug-likeness (QED) is 0.300. The molecule has 1 amide bonds. The van der Waals surface area contributed by atoms with Crippen LogP contribution in [0.3, 0.4) is 0 Å². The lowest BCUT2D eigenvalue weighted by Gasteiger charge is -2.26. The van der Waals surface area contributed by atoms with Gasteiger partial charge >= 0.3 is 0 Å². The van der Waals surface area contributed by atoms with Crippen LogP contribution in [0.5, 0.6) is 11.5 Å². The zero-order chi connectivity index (χ0) is 30.3. The first-order chi connectivity index (χ1) is 20.0. The predicted molar refractivity (Wildman–Crippen MR) is 158 cm³/mol. The van der Waals surface area contributed by atoms with Crippen LogP contribution < -0.4 is 19.1 Å². The fraction of sp³-hybridized carbons (Fsp3) is 0.321. The number of morpholine rings is 1. The van der Waals surface area contributed by atoms with Crippen LogP contribution in [-0.2, 0) is 29.6 Å². The first-order valence-electron chi connectivity index (χ1n) is 13.0. The zero-order valence-corrected chi connectivity index (χ0v) is 25.5. The van der Waals surface area contributed by atoms with Gasteiger partial charge in [0.2, 0.25) is 15.9 Å². The average Bonchev–Trinajstić information content (AvgIpc) is 2.99. The molecule has 0 radical (unpaired) electrons. The van der Waals surface area contributed by atoms with Crippen LogP contribution in [0.15, 0.2) is 76.5 Å². The highest BCUT2D eigenvalue weighted by molar-refractivity contribution is 7.93. The molecule has 1 aliphatic rings. The molecule has 0 saturated carbocycles. The van der Waals surface area contributed by atoms with E-state index in [0.717, 1.165) is 9.87 Å². The molecule has 42 heavy (non-hydrogen) atoms. The third-order valence-electron chi connectivity index (χ3n) is 6.43. The molecule has 0 aliphatic carbocycles. The predicted octanol–water partition coefficient (Wildman–Crippen LogP) is 3.07. The second kappa shape index (κ2) is 13.7. The van der Waals surface area contributed by atoms with E-state index in [1.165, 1.54) is 59.9 Å². The van der Waals surface area contributed by atoms with E-state index >= 15 is 0 Å². The van der Waals surface area contributed by atoms with Gasteiger partial charge in [-0.05, 0) is 61.5 Å². The largest absolute Gasteiger partial charge is 0.495 e. The molecule has 1 fully saturated rings. The number of carbonyl (C=O) groups is 1. The molecule has 0 atom stereocenters. The lowest BCUT2D eigenvalue weighted by molar-refractivity contribution is -0.119. The Bertz CT molecular complexity index is 1590. The summed E-state index contributed by atoms with van der Waals surface area (Å²) in [5.74, 6) is 0.0611. The Morgan fingerprint density at radius 3 is 2.26 bits per heavy atom. The minimum Gasteiger partial charge on any atom is -0.495 e. The molecule has 11 nitrogen and oxygen atoms in total. The minimum atomic E-state index is -4.17. The molecule has 0 bridgehead atoms. The van der Waals surface area contributed by atoms with E-state index in [9.17, 15) is 21.6 Å². The number of hydrogen-bond acceptors (Lipinski definition) is 8. The Labute approximate surface area is 251 Å². The lowest BCUT2D eigenvalue weighted by atomic mass is 10.2. The van der Waals surface area contributed by atoms with E-state index in [2.05, 4.69) is 5.32 Å². The molecule has 14 heteroatoms. The van der Waals surface area contributed by atoms with Gasteiger partial charge < -0.3 is 19.5 Å². The van der Waals surface area contributed by atoms with Crippen molar-refractivity contribution in [3.63, 3.8) is 0 Å². The summed E-state index contributed by atoms with van der Waals surface area (Å²) in [4.78, 5) is 13.1. The second-order valence-electron chi connectivity index (χ2n) is 9.33. The van der Waals surface area contributed by atoms with E-state index in [0.29, 0.717) is 32.1 Å². The first-order valence-corrected chi connectivity index (χ1v) is 16.3.